The molecule has 0 fully saturated rings. The smallest absolute Gasteiger partial charge is 0.337 e. The Bertz CT molecular complexity index is 759. The molecule has 0 radical (unpaired) electrons. The lowest BCUT2D eigenvalue weighted by molar-refractivity contribution is -0.137. The predicted molar refractivity (Wildman–Crippen MR) is 64.3 cm³/mol. The highest BCUT2D eigenvalue weighted by molar-refractivity contribution is 5.76. The number of nitrogens with zero attached hydrogens (tertiary/aromatic N) is 2. The first kappa shape index (κ1) is 12.6. The Balaban J connectivity index is 2.09. The number of alkyl halides is 3. The summed E-state index contributed by atoms with van der Waals surface area (Å²) in [7, 11) is 0. The van der Waals surface area contributed by atoms with E-state index in [9.17, 15) is 17.6 Å². The summed E-state index contributed by atoms with van der Waals surface area (Å²) < 4.78 is 50.5. The maximum Gasteiger partial charge on any atom is 0.417 e. The second-order valence-corrected chi connectivity index (χ2v) is 4.19. The van der Waals surface area contributed by atoms with E-state index >= 15 is 0 Å². The van der Waals surface area contributed by atoms with E-state index in [2.05, 4.69) is 15.0 Å². The van der Waals surface area contributed by atoms with Gasteiger partial charge in [-0.15, -0.1) is 0 Å². The van der Waals surface area contributed by atoms with E-state index in [4.69, 9.17) is 0 Å². The fraction of sp³-hybridized carbons (Fsp3) is 0.0769. The van der Waals surface area contributed by atoms with Crippen LogP contribution in [0.5, 0.6) is 0 Å². The summed E-state index contributed by atoms with van der Waals surface area (Å²) in [4.78, 5) is 10.5. The number of benzene rings is 1. The molecule has 102 valence electrons. The molecule has 0 unspecified atom stereocenters. The molecule has 0 aliphatic rings. The molecule has 0 aliphatic carbocycles. The molecule has 20 heavy (non-hydrogen) atoms. The number of nitrogens with one attached hydrogen (secondary N) is 1. The summed E-state index contributed by atoms with van der Waals surface area (Å²) in [6, 6.07) is 6.41. The number of H-pyrrole nitrogens is 1. The van der Waals surface area contributed by atoms with Crippen LogP contribution in [0.1, 0.15) is 5.56 Å². The first-order valence-electron chi connectivity index (χ1n) is 5.62. The Morgan fingerprint density at radius 1 is 1.05 bits per heavy atom. The van der Waals surface area contributed by atoms with Crippen LogP contribution in [0.15, 0.2) is 36.5 Å². The van der Waals surface area contributed by atoms with Gasteiger partial charge in [-0.05, 0) is 30.3 Å². The summed E-state index contributed by atoms with van der Waals surface area (Å²) in [5.41, 5.74) is 0.0775. The van der Waals surface area contributed by atoms with E-state index in [1.807, 2.05) is 0 Å². The van der Waals surface area contributed by atoms with Crippen LogP contribution in [-0.2, 0) is 6.18 Å². The quantitative estimate of drug-likeness (QED) is 0.690. The molecule has 3 rings (SSSR count). The third-order valence-electron chi connectivity index (χ3n) is 2.78. The standard InChI is InChI=1S/C13H7F4N3/c14-9-3-1-7(2-4-9)11-19-10-5-8(13(15,16)17)6-18-12(10)20-11/h1-6H,(H,18,19,20). The van der Waals surface area contributed by atoms with Crippen LogP contribution >= 0.6 is 0 Å². The molecule has 2 heterocycles. The molecule has 7 heteroatoms. The molecule has 0 atom stereocenters. The summed E-state index contributed by atoms with van der Waals surface area (Å²) >= 11 is 0. The average molecular weight is 281 g/mol. The van der Waals surface area contributed by atoms with Gasteiger partial charge in [0, 0.05) is 11.8 Å². The summed E-state index contributed by atoms with van der Waals surface area (Å²) in [6.45, 7) is 0. The van der Waals surface area contributed by atoms with Gasteiger partial charge in [0.1, 0.15) is 11.6 Å². The molecule has 1 N–H and O–H groups in total. The van der Waals surface area contributed by atoms with E-state index in [1.54, 1.807) is 0 Å². The van der Waals surface area contributed by atoms with Gasteiger partial charge in [-0.2, -0.15) is 13.2 Å². The Morgan fingerprint density at radius 2 is 1.75 bits per heavy atom. The number of hydrogen-bond acceptors (Lipinski definition) is 2. The SMILES string of the molecule is Fc1ccc(-c2nc3ncc(C(F)(F)F)cc3[nH]2)cc1. The minimum atomic E-state index is -4.46. The molecule has 2 aromatic heterocycles. The summed E-state index contributed by atoms with van der Waals surface area (Å²) in [5.74, 6) is -0.0610. The van der Waals surface area contributed by atoms with E-state index in [0.29, 0.717) is 11.4 Å². The molecule has 0 aliphatic heterocycles. The van der Waals surface area contributed by atoms with Gasteiger partial charge in [0.2, 0.25) is 0 Å². The zero-order valence-corrected chi connectivity index (χ0v) is 9.87. The number of fused-ring (bicyclic) bond motifs is 1. The number of aromatic nitrogens is 3. The highest BCUT2D eigenvalue weighted by Gasteiger charge is 2.31. The topological polar surface area (TPSA) is 41.6 Å². The van der Waals surface area contributed by atoms with Gasteiger partial charge in [0.15, 0.2) is 5.65 Å². The van der Waals surface area contributed by atoms with Gasteiger partial charge in [-0.25, -0.2) is 14.4 Å². The first-order chi connectivity index (χ1) is 9.43. The number of hydrogen-bond donors (Lipinski definition) is 1. The highest BCUT2D eigenvalue weighted by Crippen LogP contribution is 2.30. The van der Waals surface area contributed by atoms with Gasteiger partial charge < -0.3 is 4.98 Å². The normalized spacial score (nSPS) is 12.0. The Labute approximate surface area is 110 Å². The molecule has 3 nitrogen and oxygen atoms in total. The van der Waals surface area contributed by atoms with Crippen molar-refractivity contribution in [2.45, 2.75) is 6.18 Å². The van der Waals surface area contributed by atoms with Crippen LogP contribution in [0.25, 0.3) is 22.6 Å². The van der Waals surface area contributed by atoms with Crippen LogP contribution in [0.3, 0.4) is 0 Å². The van der Waals surface area contributed by atoms with Gasteiger partial charge >= 0.3 is 6.18 Å². The maximum atomic E-state index is 12.8. The van der Waals surface area contributed by atoms with Crippen molar-refractivity contribution in [3.63, 3.8) is 0 Å². The third kappa shape index (κ3) is 2.22. The largest absolute Gasteiger partial charge is 0.417 e. The first-order valence-corrected chi connectivity index (χ1v) is 5.62. The molecular formula is C13H7F4N3. The van der Waals surface area contributed by atoms with Crippen LogP contribution in [0.2, 0.25) is 0 Å². The number of rotatable bonds is 1. The van der Waals surface area contributed by atoms with Crippen LogP contribution < -0.4 is 0 Å². The number of aromatic amines is 1. The molecule has 0 saturated carbocycles. The third-order valence-corrected chi connectivity index (χ3v) is 2.78. The lowest BCUT2D eigenvalue weighted by Crippen LogP contribution is -2.05. The van der Waals surface area contributed by atoms with Crippen molar-refractivity contribution in [1.29, 1.82) is 0 Å². The second kappa shape index (κ2) is 4.29. The van der Waals surface area contributed by atoms with E-state index < -0.39 is 17.6 Å². The molecule has 0 amide bonds. The number of halogens is 4. The number of imidazole rings is 1. The van der Waals surface area contributed by atoms with Crippen molar-refractivity contribution < 1.29 is 17.6 Å². The van der Waals surface area contributed by atoms with Crippen molar-refractivity contribution in [2.75, 3.05) is 0 Å². The zero-order chi connectivity index (χ0) is 14.3. The predicted octanol–water partition coefficient (Wildman–Crippen LogP) is 3.78. The highest BCUT2D eigenvalue weighted by atomic mass is 19.4. The lowest BCUT2D eigenvalue weighted by atomic mass is 10.2. The van der Waals surface area contributed by atoms with E-state index in [1.165, 1.54) is 24.3 Å². The minimum absolute atomic E-state index is 0.178. The molecule has 0 spiro atoms. The van der Waals surface area contributed by atoms with Crippen LogP contribution in [-0.4, -0.2) is 15.0 Å². The monoisotopic (exact) mass is 281 g/mol. The van der Waals surface area contributed by atoms with Gasteiger partial charge in [0.05, 0.1) is 11.1 Å². The minimum Gasteiger partial charge on any atom is -0.337 e. The fourth-order valence-corrected chi connectivity index (χ4v) is 1.80. The Hall–Kier alpha value is -2.44. The number of pyridine rings is 1. The van der Waals surface area contributed by atoms with Crippen molar-refractivity contribution in [3.05, 3.63) is 47.9 Å². The maximum absolute atomic E-state index is 12.8. The molecule has 0 bridgehead atoms. The Morgan fingerprint density at radius 3 is 2.40 bits per heavy atom. The zero-order valence-electron chi connectivity index (χ0n) is 9.87. The Kier molecular flexibility index (Phi) is 2.70. The molecule has 3 aromatic rings. The molecule has 1 aromatic carbocycles. The van der Waals surface area contributed by atoms with E-state index in [-0.39, 0.29) is 11.2 Å². The van der Waals surface area contributed by atoms with Crippen molar-refractivity contribution in [1.82, 2.24) is 15.0 Å². The second-order valence-electron chi connectivity index (χ2n) is 4.19. The lowest BCUT2D eigenvalue weighted by Gasteiger charge is -2.04. The van der Waals surface area contributed by atoms with Crippen LogP contribution in [0, 0.1) is 5.82 Å². The molecular weight excluding hydrogens is 274 g/mol. The van der Waals surface area contributed by atoms with Gasteiger partial charge in [-0.3, -0.25) is 0 Å². The van der Waals surface area contributed by atoms with Crippen molar-refractivity contribution >= 4 is 11.2 Å². The fourth-order valence-electron chi connectivity index (χ4n) is 1.80. The van der Waals surface area contributed by atoms with Crippen molar-refractivity contribution in [3.8, 4) is 11.4 Å². The molecule has 0 saturated heterocycles. The average Bonchev–Trinajstić information content (AvgIpc) is 2.81. The van der Waals surface area contributed by atoms with E-state index in [0.717, 1.165) is 12.3 Å². The summed E-state index contributed by atoms with van der Waals surface area (Å²) in [6.07, 6.45) is -3.72. The van der Waals surface area contributed by atoms with Gasteiger partial charge in [-0.1, -0.05) is 0 Å². The summed E-state index contributed by atoms with van der Waals surface area (Å²) in [5, 5.41) is 0. The van der Waals surface area contributed by atoms with Crippen molar-refractivity contribution in [2.24, 2.45) is 0 Å². The van der Waals surface area contributed by atoms with Crippen LogP contribution in [0.4, 0.5) is 17.6 Å². The van der Waals surface area contributed by atoms with Gasteiger partial charge in [0.25, 0.3) is 0 Å².